The van der Waals surface area contributed by atoms with Crippen molar-refractivity contribution in [1.82, 2.24) is 34.9 Å². The zero-order valence-corrected chi connectivity index (χ0v) is 62.2. The predicted octanol–water partition coefficient (Wildman–Crippen LogP) is 8.87. The van der Waals surface area contributed by atoms with E-state index in [0.717, 1.165) is 59.8 Å². The van der Waals surface area contributed by atoms with Crippen LogP contribution in [0.5, 0.6) is 5.75 Å². The smallest absolute Gasteiger partial charge is 0.409 e. The Morgan fingerprint density at radius 3 is 2.41 bits per heavy atom. The maximum Gasteiger partial charge on any atom is 0.409 e. The Balaban J connectivity index is 0.659. The molecule has 2 aliphatic heterocycles. The first-order valence-corrected chi connectivity index (χ1v) is 39.5. The summed E-state index contributed by atoms with van der Waals surface area (Å²) in [5.74, 6) is -6.78. The highest BCUT2D eigenvalue weighted by Gasteiger charge is 2.63. The number of aromatic nitrogens is 4. The van der Waals surface area contributed by atoms with Crippen LogP contribution in [0.25, 0.3) is 43.4 Å². The Morgan fingerprint density at radius 2 is 1.66 bits per heavy atom. The minimum Gasteiger partial charge on any atom is -0.479 e. The van der Waals surface area contributed by atoms with Crippen molar-refractivity contribution in [1.29, 1.82) is 0 Å². The maximum absolute atomic E-state index is 13.8. The van der Waals surface area contributed by atoms with Gasteiger partial charge in [0, 0.05) is 80.4 Å². The SMILES string of the molecule is CSC1CC(=O)N(CCCCCC(=O)C[C@@H](CS(=O)(=O)O)C(=O)NCCCCc2cc(O[C@@H]3O[C@H](C(=O)O)[C@@H](O)[C@H](O)[C@H]3O)ccc2COC(=O)N(C)CCOC23CC4CC(C)(CC(Cn5ncc(-c6ccc(-c7ccc8cccc(C(=O)Nc9nc%10ccccc%10s9)c8c7)nc6C(=O)O)c5C)(C4)C2)C3)C1=O. The summed E-state index contributed by atoms with van der Waals surface area (Å²) in [7, 11) is -3.09. The fraction of sp³-hybridized carbons (Fsp3) is 0.487. The number of rotatable bonds is 33. The summed E-state index contributed by atoms with van der Waals surface area (Å²) >= 11 is 2.69. The summed E-state index contributed by atoms with van der Waals surface area (Å²) in [6.07, 6.45) is 0.644. The number of carbonyl (C=O) groups is 8. The maximum atomic E-state index is 13.8. The first-order chi connectivity index (χ1) is 51.0. The average Bonchev–Trinajstić information content (AvgIpc) is 0.927. The molecule has 2 saturated heterocycles. The number of Topliss-reactive ketones (excluding diaryl/α,β-unsaturated/α-hetero) is 1. The van der Waals surface area contributed by atoms with E-state index in [2.05, 4.69) is 22.5 Å². The molecule has 6 aliphatic rings. The molecule has 5 unspecified atom stereocenters. The fourth-order valence-corrected chi connectivity index (χ4v) is 19.1. The molecular formula is C76H88N8O20S3. The number of carboxylic acid groups (broad SMARTS) is 2. The molecule has 6 fully saturated rings. The minimum absolute atomic E-state index is 0.00157. The number of likely N-dealkylation sites (tertiary alicyclic amines) is 1. The number of benzene rings is 4. The lowest BCUT2D eigenvalue weighted by Gasteiger charge is -2.65. The van der Waals surface area contributed by atoms with Crippen molar-refractivity contribution in [3.63, 3.8) is 0 Å². The molecule has 4 aliphatic carbocycles. The number of ketones is 1. The molecular weight excluding hydrogens is 1440 g/mol. The highest BCUT2D eigenvalue weighted by atomic mass is 32.2. The summed E-state index contributed by atoms with van der Waals surface area (Å²) in [6, 6.07) is 26.8. The first-order valence-electron chi connectivity index (χ1n) is 35.8. The van der Waals surface area contributed by atoms with Crippen LogP contribution in [-0.4, -0.2) is 202 Å². The molecule has 8 N–H and O–H groups in total. The van der Waals surface area contributed by atoms with Crippen molar-refractivity contribution < 1.29 is 95.8 Å². The van der Waals surface area contributed by atoms with Gasteiger partial charge in [-0.05, 0) is 171 Å². The summed E-state index contributed by atoms with van der Waals surface area (Å²) in [4.78, 5) is 116. The molecule has 570 valence electrons. The number of aromatic carboxylic acids is 1. The number of thioether (sulfide) groups is 1. The number of pyridine rings is 1. The molecule has 4 saturated carbocycles. The second-order valence-electron chi connectivity index (χ2n) is 29.6. The topological polar surface area (TPSA) is 403 Å². The first kappa shape index (κ1) is 77.8. The molecule has 28 nitrogen and oxygen atoms in total. The zero-order chi connectivity index (χ0) is 76.3. The molecule has 13 rings (SSSR count). The van der Waals surface area contributed by atoms with Gasteiger partial charge in [0.15, 0.2) is 16.9 Å². The van der Waals surface area contributed by atoms with Gasteiger partial charge in [0.2, 0.25) is 24.0 Å². The van der Waals surface area contributed by atoms with E-state index in [0.29, 0.717) is 94.2 Å². The molecule has 3 aromatic heterocycles. The number of hydrogen-bond donors (Lipinski definition) is 8. The Morgan fingerprint density at radius 1 is 0.860 bits per heavy atom. The number of hydrogen-bond acceptors (Lipinski definition) is 22. The van der Waals surface area contributed by atoms with E-state index >= 15 is 0 Å². The second-order valence-corrected chi connectivity index (χ2v) is 33.1. The molecule has 107 heavy (non-hydrogen) atoms. The highest BCUT2D eigenvalue weighted by molar-refractivity contribution is 8.00. The number of aliphatic hydroxyl groups excluding tert-OH is 3. The number of ether oxygens (including phenoxy) is 4. The molecule has 0 spiro atoms. The van der Waals surface area contributed by atoms with Gasteiger partial charge in [-0.2, -0.15) is 25.3 Å². The zero-order valence-electron chi connectivity index (χ0n) is 59.7. The summed E-state index contributed by atoms with van der Waals surface area (Å²) < 4.78 is 60.8. The number of carbonyl (C=O) groups excluding carboxylic acids is 6. The number of imide groups is 1. The molecule has 4 bridgehead atoms. The van der Waals surface area contributed by atoms with Gasteiger partial charge in [-0.1, -0.05) is 67.1 Å². The summed E-state index contributed by atoms with van der Waals surface area (Å²) in [5.41, 5.74) is 4.29. The number of likely N-dealkylation sites (N-methyl/N-ethyl adjacent to an activating group) is 1. The number of fused-ring (bicyclic) bond motifs is 2. The summed E-state index contributed by atoms with van der Waals surface area (Å²) in [5, 5.41) is 64.0. The molecule has 7 aromatic rings. The van der Waals surface area contributed by atoms with Gasteiger partial charge in [-0.25, -0.2) is 24.4 Å². The van der Waals surface area contributed by atoms with E-state index in [-0.39, 0.29) is 92.1 Å². The predicted molar refractivity (Wildman–Crippen MR) is 395 cm³/mol. The van der Waals surface area contributed by atoms with Crippen LogP contribution >= 0.6 is 23.1 Å². The van der Waals surface area contributed by atoms with Crippen molar-refractivity contribution in [3.8, 4) is 28.1 Å². The second kappa shape index (κ2) is 32.6. The molecule has 5 amide bonds. The van der Waals surface area contributed by atoms with Gasteiger partial charge in [0.25, 0.3) is 16.0 Å². The summed E-state index contributed by atoms with van der Waals surface area (Å²) in [6.45, 7) is 5.21. The molecule has 11 atom stereocenters. The number of aliphatic hydroxyl groups is 3. The molecule has 5 heterocycles. The van der Waals surface area contributed by atoms with E-state index in [9.17, 15) is 76.9 Å². The van der Waals surface area contributed by atoms with Crippen LogP contribution < -0.4 is 15.4 Å². The number of para-hydroxylation sites is 1. The minimum atomic E-state index is -4.69. The van der Waals surface area contributed by atoms with Gasteiger partial charge in [-0.3, -0.25) is 43.4 Å². The van der Waals surface area contributed by atoms with Crippen LogP contribution in [0.2, 0.25) is 0 Å². The number of aliphatic carboxylic acids is 1. The van der Waals surface area contributed by atoms with Crippen LogP contribution in [-0.2, 0) is 67.9 Å². The van der Waals surface area contributed by atoms with Gasteiger partial charge < -0.3 is 54.7 Å². The van der Waals surface area contributed by atoms with Crippen molar-refractivity contribution in [2.45, 2.75) is 165 Å². The highest BCUT2D eigenvalue weighted by Crippen LogP contribution is 2.68. The third-order valence-electron chi connectivity index (χ3n) is 21.3. The standard InChI is InChI=1S/C76H88N8O20S3/c1-43-55(52-23-24-56(79-61(52)69(93)94)47-20-19-45-14-12-16-53(54(45)31-47)67(91)81-72-80-57-17-7-8-18-58(57)106-72)36-78-84(43)42-75-34-44-33-74(2,39-75)40-76(35-44,41-75)102-28-27-82(3)73(97)101-37-48-21-22-51(103-71-64(89)62(87)63(88)65(104-71)70(95)96)30-46(48)13-9-10-25-77-66(90)49(38-107(98,99)100)29-50(85)15-6-5-11-26-83-60(86)32-59(105-4)68(83)92/h7-8,12,14,16-24,30-31,36,44,49,59,62-65,71,87-89H,5-6,9-11,13,15,25-29,32-35,37-42H2,1-4H3,(H,77,90)(H,93,94)(H,95,96)(H,80,81,91)(H,98,99,100)/t44?,49-,59?,62-,63-,64+,65-,71+,74?,75?,76?/m0/s1. The number of aryl methyl sites for hydroxylation is 1. The van der Waals surface area contributed by atoms with Crippen LogP contribution in [0.1, 0.15) is 134 Å². The normalized spacial score (nSPS) is 24.2. The Kier molecular flexibility index (Phi) is 23.7. The van der Waals surface area contributed by atoms with E-state index < -0.39 is 99.5 Å². The van der Waals surface area contributed by atoms with Crippen molar-refractivity contribution in [3.05, 3.63) is 125 Å². The third-order valence-corrected chi connectivity index (χ3v) is 24.0. The largest absolute Gasteiger partial charge is 0.479 e. The fourth-order valence-electron chi connectivity index (χ4n) is 16.9. The van der Waals surface area contributed by atoms with Crippen LogP contribution in [0.3, 0.4) is 0 Å². The van der Waals surface area contributed by atoms with Gasteiger partial charge >= 0.3 is 18.0 Å². The Hall–Kier alpha value is -8.79. The Bertz CT molecular complexity index is 4650. The molecule has 31 heteroatoms. The van der Waals surface area contributed by atoms with Crippen molar-refractivity contribution in [2.24, 2.45) is 22.7 Å². The third kappa shape index (κ3) is 18.0. The number of nitrogens with zero attached hydrogens (tertiary/aromatic N) is 6. The van der Waals surface area contributed by atoms with Crippen LogP contribution in [0.15, 0.2) is 97.2 Å². The lowest BCUT2D eigenvalue weighted by atomic mass is 9.43. The van der Waals surface area contributed by atoms with Crippen LogP contribution in [0, 0.1) is 29.6 Å². The van der Waals surface area contributed by atoms with E-state index in [1.54, 1.807) is 49.8 Å². The van der Waals surface area contributed by atoms with E-state index in [1.807, 2.05) is 66.2 Å². The quantitative estimate of drug-likeness (QED) is 0.0108. The number of nitrogens with one attached hydrogen (secondary N) is 2. The van der Waals surface area contributed by atoms with E-state index in [1.165, 1.54) is 39.0 Å². The van der Waals surface area contributed by atoms with Gasteiger partial charge in [0.05, 0.1) is 51.2 Å². The number of thiazole rings is 1. The Labute approximate surface area is 625 Å². The van der Waals surface area contributed by atoms with E-state index in [4.69, 9.17) is 29.0 Å². The average molecular weight is 1530 g/mol. The monoisotopic (exact) mass is 1530 g/mol. The molecule has 0 radical (unpaired) electrons. The molecule has 4 aromatic carbocycles. The number of amides is 5. The van der Waals surface area contributed by atoms with Crippen molar-refractivity contribution in [2.75, 3.05) is 50.6 Å². The number of unbranched alkanes of at least 4 members (excludes halogenated alkanes) is 3. The number of anilines is 1. The van der Waals surface area contributed by atoms with Crippen molar-refractivity contribution >= 4 is 107 Å². The lowest BCUT2D eigenvalue weighted by Crippen LogP contribution is -2.61. The lowest BCUT2D eigenvalue weighted by molar-refractivity contribution is -0.271. The van der Waals surface area contributed by atoms with Crippen LogP contribution in [0.4, 0.5) is 9.93 Å². The number of carboxylic acids is 2. The van der Waals surface area contributed by atoms with Gasteiger partial charge in [0.1, 0.15) is 36.5 Å². The van der Waals surface area contributed by atoms with Gasteiger partial charge in [-0.15, -0.1) is 0 Å².